The molecule has 1 aliphatic carbocycles. The van der Waals surface area contributed by atoms with Crippen molar-refractivity contribution in [1.29, 1.82) is 0 Å². The van der Waals surface area contributed by atoms with Gasteiger partial charge in [-0.2, -0.15) is 17.5 Å². The molecular weight excluding hydrogens is 401 g/mol. The maximum atomic E-state index is 12.8. The van der Waals surface area contributed by atoms with Crippen LogP contribution in [0.5, 0.6) is 0 Å². The van der Waals surface area contributed by atoms with Crippen molar-refractivity contribution >= 4 is 10.0 Å². The zero-order valence-corrected chi connectivity index (χ0v) is 18.1. The molecule has 29 heavy (non-hydrogen) atoms. The van der Waals surface area contributed by atoms with Crippen LogP contribution in [-0.4, -0.2) is 50.8 Å². The molecule has 0 aliphatic heterocycles. The lowest BCUT2D eigenvalue weighted by atomic mass is 9.86. The fraction of sp³-hybridized carbons (Fsp3) is 0.619. The highest BCUT2D eigenvalue weighted by atomic mass is 32.2. The Balaban J connectivity index is 1.94. The summed E-state index contributed by atoms with van der Waals surface area (Å²) in [6.45, 7) is 4.12. The first-order chi connectivity index (χ1) is 13.6. The largest absolute Gasteiger partial charge is 0.416 e. The number of sulfonamides is 1. The molecule has 0 spiro atoms. The van der Waals surface area contributed by atoms with Crippen LogP contribution in [0.2, 0.25) is 0 Å². The van der Waals surface area contributed by atoms with E-state index in [-0.39, 0.29) is 10.9 Å². The van der Waals surface area contributed by atoms with Crippen LogP contribution < -0.4 is 0 Å². The number of allylic oxidation sites excluding steroid dienone is 1. The second-order valence-corrected chi connectivity index (χ2v) is 9.80. The molecule has 4 nitrogen and oxygen atoms in total. The van der Waals surface area contributed by atoms with Gasteiger partial charge in [-0.1, -0.05) is 19.1 Å². The van der Waals surface area contributed by atoms with Crippen LogP contribution in [0, 0.1) is 5.92 Å². The van der Waals surface area contributed by atoms with Crippen molar-refractivity contribution in [1.82, 2.24) is 9.21 Å². The predicted octanol–water partition coefficient (Wildman–Crippen LogP) is 4.78. The Kier molecular flexibility index (Phi) is 8.31. The number of benzene rings is 1. The van der Waals surface area contributed by atoms with E-state index >= 15 is 0 Å². The Morgan fingerprint density at radius 1 is 1.07 bits per heavy atom. The second-order valence-electron chi connectivity index (χ2n) is 7.80. The van der Waals surface area contributed by atoms with E-state index in [1.54, 1.807) is 0 Å². The molecule has 0 heterocycles. The van der Waals surface area contributed by atoms with Gasteiger partial charge in [-0.25, -0.2) is 8.42 Å². The van der Waals surface area contributed by atoms with Crippen molar-refractivity contribution in [3.8, 4) is 0 Å². The van der Waals surface area contributed by atoms with Gasteiger partial charge in [0.25, 0.3) is 0 Å². The quantitative estimate of drug-likeness (QED) is 0.555. The van der Waals surface area contributed by atoms with Crippen molar-refractivity contribution in [2.45, 2.75) is 56.1 Å². The summed E-state index contributed by atoms with van der Waals surface area (Å²) in [7, 11) is -0.201. The Morgan fingerprint density at radius 3 is 2.17 bits per heavy atom. The molecule has 2 rings (SSSR count). The first-order valence-electron chi connectivity index (χ1n) is 10.1. The molecule has 1 fully saturated rings. The van der Waals surface area contributed by atoms with Gasteiger partial charge in [-0.05, 0) is 75.9 Å². The lowest BCUT2D eigenvalue weighted by molar-refractivity contribution is -0.137. The Labute approximate surface area is 172 Å². The first kappa shape index (κ1) is 23.9. The lowest BCUT2D eigenvalue weighted by Gasteiger charge is -2.33. The lowest BCUT2D eigenvalue weighted by Crippen LogP contribution is -2.39. The van der Waals surface area contributed by atoms with Gasteiger partial charge >= 0.3 is 6.18 Å². The van der Waals surface area contributed by atoms with E-state index in [2.05, 4.69) is 31.0 Å². The zero-order chi connectivity index (χ0) is 21.7. The summed E-state index contributed by atoms with van der Waals surface area (Å²) in [5.74, 6) is 0.448. The van der Waals surface area contributed by atoms with Crippen LogP contribution in [-0.2, 0) is 16.2 Å². The molecule has 0 aromatic heterocycles. The number of halogens is 3. The summed E-state index contributed by atoms with van der Waals surface area (Å²) in [5, 5.41) is 0. The topological polar surface area (TPSA) is 40.6 Å². The molecule has 0 amide bonds. The van der Waals surface area contributed by atoms with Crippen LogP contribution >= 0.6 is 0 Å². The Bertz CT molecular complexity index is 768. The van der Waals surface area contributed by atoms with E-state index < -0.39 is 21.8 Å². The molecule has 1 aliphatic rings. The highest BCUT2D eigenvalue weighted by Crippen LogP contribution is 2.32. The molecule has 0 unspecified atom stereocenters. The molecule has 1 saturated carbocycles. The number of hydrogen-bond acceptors (Lipinski definition) is 3. The minimum atomic E-state index is -4.48. The van der Waals surface area contributed by atoms with E-state index in [0.717, 1.165) is 69.5 Å². The fourth-order valence-electron chi connectivity index (χ4n) is 3.74. The van der Waals surface area contributed by atoms with Crippen molar-refractivity contribution in [2.24, 2.45) is 5.92 Å². The van der Waals surface area contributed by atoms with E-state index in [1.165, 1.54) is 11.4 Å². The van der Waals surface area contributed by atoms with Gasteiger partial charge in [-0.3, -0.25) is 0 Å². The second kappa shape index (κ2) is 10.1. The van der Waals surface area contributed by atoms with Gasteiger partial charge < -0.3 is 4.90 Å². The predicted molar refractivity (Wildman–Crippen MR) is 109 cm³/mol. The van der Waals surface area contributed by atoms with Crippen LogP contribution in [0.1, 0.15) is 44.6 Å². The van der Waals surface area contributed by atoms with Crippen LogP contribution in [0.15, 0.2) is 41.3 Å². The molecule has 0 bridgehead atoms. The van der Waals surface area contributed by atoms with E-state index in [0.29, 0.717) is 5.92 Å². The van der Waals surface area contributed by atoms with Gasteiger partial charge in [0.15, 0.2) is 0 Å². The summed E-state index contributed by atoms with van der Waals surface area (Å²) in [6.07, 6.45) is 4.36. The molecule has 1 aromatic rings. The van der Waals surface area contributed by atoms with Crippen LogP contribution in [0.4, 0.5) is 13.2 Å². The molecule has 0 radical (unpaired) electrons. The van der Waals surface area contributed by atoms with Crippen molar-refractivity contribution in [2.75, 3.05) is 27.2 Å². The van der Waals surface area contributed by atoms with Gasteiger partial charge in [-0.15, -0.1) is 0 Å². The van der Waals surface area contributed by atoms with E-state index in [9.17, 15) is 21.6 Å². The first-order valence-corrected chi connectivity index (χ1v) is 11.5. The van der Waals surface area contributed by atoms with Crippen molar-refractivity contribution in [3.05, 3.63) is 42.0 Å². The van der Waals surface area contributed by atoms with Crippen molar-refractivity contribution in [3.63, 3.8) is 0 Å². The number of nitrogens with zero attached hydrogens (tertiary/aromatic N) is 2. The van der Waals surface area contributed by atoms with Crippen molar-refractivity contribution < 1.29 is 21.6 Å². The maximum Gasteiger partial charge on any atom is 0.416 e. The molecule has 0 saturated heterocycles. The minimum Gasteiger partial charge on any atom is -0.303 e. The third-order valence-corrected chi connectivity index (χ3v) is 7.47. The summed E-state index contributed by atoms with van der Waals surface area (Å²) in [6, 6.07) is 3.58. The minimum absolute atomic E-state index is 0.103. The molecule has 8 heteroatoms. The highest BCUT2D eigenvalue weighted by molar-refractivity contribution is 7.89. The average Bonchev–Trinajstić information content (AvgIpc) is 2.67. The molecule has 0 N–H and O–H groups in total. The summed E-state index contributed by atoms with van der Waals surface area (Å²) >= 11 is 0. The third-order valence-electron chi connectivity index (χ3n) is 5.54. The summed E-state index contributed by atoms with van der Waals surface area (Å²) in [5.41, 5.74) is -0.851. The molecular formula is C21H31F3N2O2S. The number of hydrogen-bond donors (Lipinski definition) is 0. The highest BCUT2D eigenvalue weighted by Gasteiger charge is 2.33. The van der Waals surface area contributed by atoms with Crippen LogP contribution in [0.25, 0.3) is 0 Å². The van der Waals surface area contributed by atoms with Gasteiger partial charge in [0.1, 0.15) is 0 Å². The summed E-state index contributed by atoms with van der Waals surface area (Å²) in [4.78, 5) is 2.15. The number of rotatable bonds is 8. The Morgan fingerprint density at radius 2 is 1.66 bits per heavy atom. The third kappa shape index (κ3) is 6.55. The average molecular weight is 433 g/mol. The molecule has 0 atom stereocenters. The molecule has 1 aromatic carbocycles. The number of likely N-dealkylation sites (N-methyl/N-ethyl adjacent to an activating group) is 1. The normalized spacial score (nSPS) is 21.4. The van der Waals surface area contributed by atoms with E-state index in [1.807, 2.05) is 0 Å². The SMILES string of the molecule is CCCN(C)C/C=C/C1CCC(N(C)S(=O)(=O)c2ccc(C(F)(F)F)cc2)CC1. The van der Waals surface area contributed by atoms with Crippen LogP contribution in [0.3, 0.4) is 0 Å². The molecule has 164 valence electrons. The number of alkyl halides is 3. The van der Waals surface area contributed by atoms with Gasteiger partial charge in [0.05, 0.1) is 10.5 Å². The van der Waals surface area contributed by atoms with E-state index in [4.69, 9.17) is 0 Å². The summed E-state index contributed by atoms with van der Waals surface area (Å²) < 4.78 is 65.1. The maximum absolute atomic E-state index is 12.8. The Hall–Kier alpha value is -1.38. The standard InChI is InChI=1S/C21H31F3N2O2S/c1-4-15-25(2)16-5-6-17-7-11-19(12-8-17)26(3)29(27,28)20-13-9-18(10-14-20)21(22,23)24/h5-6,9-10,13-14,17,19H,4,7-8,11-12,15-16H2,1-3H3/b6-5+. The smallest absolute Gasteiger partial charge is 0.303 e. The van der Waals surface area contributed by atoms with Gasteiger partial charge in [0.2, 0.25) is 10.0 Å². The van der Waals surface area contributed by atoms with Gasteiger partial charge in [0, 0.05) is 19.6 Å². The fourth-order valence-corrected chi connectivity index (χ4v) is 5.16. The monoisotopic (exact) mass is 432 g/mol. The zero-order valence-electron chi connectivity index (χ0n) is 17.3.